The van der Waals surface area contributed by atoms with Crippen LogP contribution in [0.4, 0.5) is 0 Å². The Balaban J connectivity index is 1.94. The van der Waals surface area contributed by atoms with Gasteiger partial charge in [-0.25, -0.2) is 0 Å². The minimum Gasteiger partial charge on any atom is -0.310 e. The minimum absolute atomic E-state index is 0.00183. The van der Waals surface area contributed by atoms with Crippen LogP contribution in [0.3, 0.4) is 0 Å². The molecule has 0 aliphatic carbocycles. The van der Waals surface area contributed by atoms with Crippen molar-refractivity contribution in [3.63, 3.8) is 0 Å². The van der Waals surface area contributed by atoms with Crippen LogP contribution in [0.2, 0.25) is 5.02 Å². The van der Waals surface area contributed by atoms with Crippen LogP contribution in [0, 0.1) is 6.92 Å². The Labute approximate surface area is 132 Å². The van der Waals surface area contributed by atoms with E-state index < -0.39 is 0 Å². The van der Waals surface area contributed by atoms with Gasteiger partial charge in [-0.2, -0.15) is 0 Å². The first-order valence-corrected chi connectivity index (χ1v) is 7.83. The number of pyridine rings is 1. The fourth-order valence-corrected chi connectivity index (χ4v) is 3.16. The minimum atomic E-state index is 0.00183. The number of nitrogens with zero attached hydrogens (tertiary/aromatic N) is 1. The number of aryl methyl sites for hydroxylation is 1. The maximum absolute atomic E-state index is 12.0. The fourth-order valence-electron chi connectivity index (χ4n) is 2.18. The molecule has 0 bridgehead atoms. The summed E-state index contributed by atoms with van der Waals surface area (Å²) in [5.41, 5.74) is 2.13. The molecule has 0 saturated heterocycles. The fraction of sp³-hybridized carbons (Fsp3) is 0.118. The summed E-state index contributed by atoms with van der Waals surface area (Å²) >= 11 is 7.62. The number of rotatable bonds is 3. The van der Waals surface area contributed by atoms with E-state index in [9.17, 15) is 4.79 Å². The van der Waals surface area contributed by atoms with Crippen LogP contribution >= 0.6 is 22.9 Å². The largest absolute Gasteiger partial charge is 0.310 e. The molecule has 2 heterocycles. The Bertz CT molecular complexity index is 817. The van der Waals surface area contributed by atoms with Gasteiger partial charge in [0.05, 0.1) is 6.54 Å². The van der Waals surface area contributed by atoms with Crippen LogP contribution in [0.1, 0.15) is 10.4 Å². The first-order valence-electron chi connectivity index (χ1n) is 6.63. The summed E-state index contributed by atoms with van der Waals surface area (Å²) in [6.07, 6.45) is 1.92. The van der Waals surface area contributed by atoms with E-state index >= 15 is 0 Å². The average molecular weight is 316 g/mol. The van der Waals surface area contributed by atoms with Gasteiger partial charge in [0.25, 0.3) is 5.56 Å². The van der Waals surface area contributed by atoms with Gasteiger partial charge in [-0.1, -0.05) is 23.7 Å². The highest BCUT2D eigenvalue weighted by atomic mass is 35.5. The van der Waals surface area contributed by atoms with Crippen LogP contribution in [0.15, 0.2) is 59.5 Å². The van der Waals surface area contributed by atoms with Crippen LogP contribution in [0.25, 0.3) is 10.4 Å². The van der Waals surface area contributed by atoms with E-state index in [1.165, 1.54) is 9.75 Å². The zero-order chi connectivity index (χ0) is 14.8. The Hall–Kier alpha value is -1.84. The molecule has 2 nitrogen and oxygen atoms in total. The maximum Gasteiger partial charge on any atom is 0.250 e. The number of aromatic nitrogens is 1. The molecule has 0 saturated carbocycles. The highest BCUT2D eigenvalue weighted by Crippen LogP contribution is 2.26. The molecule has 0 N–H and O–H groups in total. The number of hydrogen-bond donors (Lipinski definition) is 0. The normalized spacial score (nSPS) is 10.8. The molecule has 106 valence electrons. The summed E-state index contributed by atoms with van der Waals surface area (Å²) in [6, 6.07) is 15.3. The molecule has 0 aliphatic rings. The summed E-state index contributed by atoms with van der Waals surface area (Å²) in [7, 11) is 0. The third kappa shape index (κ3) is 3.26. The smallest absolute Gasteiger partial charge is 0.250 e. The molecule has 1 aromatic carbocycles. The molecule has 0 aliphatic heterocycles. The van der Waals surface area contributed by atoms with E-state index in [-0.39, 0.29) is 5.56 Å². The van der Waals surface area contributed by atoms with Gasteiger partial charge in [-0.3, -0.25) is 4.79 Å². The number of halogens is 1. The van der Waals surface area contributed by atoms with Crippen molar-refractivity contribution in [2.45, 2.75) is 13.5 Å². The molecule has 0 unspecified atom stereocenters. The molecule has 21 heavy (non-hydrogen) atoms. The van der Waals surface area contributed by atoms with Gasteiger partial charge in [0, 0.05) is 32.6 Å². The van der Waals surface area contributed by atoms with Crippen molar-refractivity contribution in [3.05, 3.63) is 80.5 Å². The van der Waals surface area contributed by atoms with Gasteiger partial charge in [-0.05, 0) is 42.8 Å². The molecule has 0 fully saturated rings. The van der Waals surface area contributed by atoms with Crippen molar-refractivity contribution >= 4 is 22.9 Å². The van der Waals surface area contributed by atoms with Crippen LogP contribution in [0.5, 0.6) is 0 Å². The summed E-state index contributed by atoms with van der Waals surface area (Å²) in [5, 5.41) is 0.703. The number of benzene rings is 1. The van der Waals surface area contributed by atoms with Gasteiger partial charge in [0.2, 0.25) is 0 Å². The van der Waals surface area contributed by atoms with E-state index in [1.54, 1.807) is 22.0 Å². The van der Waals surface area contributed by atoms with E-state index in [0.717, 1.165) is 11.1 Å². The molecule has 3 aromatic rings. The molecular formula is C17H14ClNOS. The lowest BCUT2D eigenvalue weighted by atomic mass is 10.2. The predicted octanol–water partition coefficient (Wildman–Crippen LogP) is 4.59. The zero-order valence-electron chi connectivity index (χ0n) is 11.5. The van der Waals surface area contributed by atoms with Gasteiger partial charge >= 0.3 is 0 Å². The second kappa shape index (κ2) is 5.88. The Kier molecular flexibility index (Phi) is 3.95. The molecule has 0 atom stereocenters. The predicted molar refractivity (Wildman–Crippen MR) is 89.3 cm³/mol. The Morgan fingerprint density at radius 3 is 2.48 bits per heavy atom. The van der Waals surface area contributed by atoms with Crippen molar-refractivity contribution in [2.24, 2.45) is 0 Å². The second-order valence-corrected chi connectivity index (χ2v) is 6.65. The highest BCUT2D eigenvalue weighted by molar-refractivity contribution is 7.15. The number of hydrogen-bond acceptors (Lipinski definition) is 2. The van der Waals surface area contributed by atoms with Crippen LogP contribution < -0.4 is 5.56 Å². The molecule has 0 radical (unpaired) electrons. The summed E-state index contributed by atoms with van der Waals surface area (Å²) in [5.74, 6) is 0. The first-order chi connectivity index (χ1) is 10.1. The first kappa shape index (κ1) is 14.1. The lowest BCUT2D eigenvalue weighted by Gasteiger charge is -2.08. The summed E-state index contributed by atoms with van der Waals surface area (Å²) in [6.45, 7) is 2.63. The topological polar surface area (TPSA) is 22.0 Å². The Morgan fingerprint density at radius 1 is 1.05 bits per heavy atom. The highest BCUT2D eigenvalue weighted by Gasteiger charge is 2.04. The maximum atomic E-state index is 12.0. The average Bonchev–Trinajstić information content (AvgIpc) is 2.90. The van der Waals surface area contributed by atoms with Gasteiger partial charge in [0.15, 0.2) is 0 Å². The Morgan fingerprint density at radius 2 is 1.81 bits per heavy atom. The van der Waals surface area contributed by atoms with Gasteiger partial charge in [0.1, 0.15) is 0 Å². The van der Waals surface area contributed by atoms with E-state index in [2.05, 4.69) is 19.1 Å². The second-order valence-electron chi connectivity index (χ2n) is 4.92. The monoisotopic (exact) mass is 315 g/mol. The molecular weight excluding hydrogens is 302 g/mol. The molecule has 4 heteroatoms. The lowest BCUT2D eigenvalue weighted by Crippen LogP contribution is -2.18. The van der Waals surface area contributed by atoms with E-state index in [4.69, 9.17) is 11.6 Å². The van der Waals surface area contributed by atoms with E-state index in [0.29, 0.717) is 11.6 Å². The quantitative estimate of drug-likeness (QED) is 0.693. The molecule has 0 spiro atoms. The number of thiophene rings is 1. The standard InChI is InChI=1S/C17H14ClNOS/c1-12-2-8-16(21-12)14-5-9-17(20)19(11-14)10-13-3-6-15(18)7-4-13/h2-9,11H,10H2,1H3. The SMILES string of the molecule is Cc1ccc(-c2ccc(=O)n(Cc3ccc(Cl)cc3)c2)s1. The summed E-state index contributed by atoms with van der Waals surface area (Å²) in [4.78, 5) is 14.5. The van der Waals surface area contributed by atoms with Crippen LogP contribution in [-0.4, -0.2) is 4.57 Å². The van der Waals surface area contributed by atoms with E-state index in [1.807, 2.05) is 36.5 Å². The third-order valence-electron chi connectivity index (χ3n) is 3.27. The van der Waals surface area contributed by atoms with Crippen molar-refractivity contribution in [2.75, 3.05) is 0 Å². The molecule has 0 amide bonds. The summed E-state index contributed by atoms with van der Waals surface area (Å²) < 4.78 is 1.73. The third-order valence-corrected chi connectivity index (χ3v) is 4.58. The van der Waals surface area contributed by atoms with Gasteiger partial charge < -0.3 is 4.57 Å². The van der Waals surface area contributed by atoms with Crippen molar-refractivity contribution < 1.29 is 0 Å². The molecule has 2 aromatic heterocycles. The van der Waals surface area contributed by atoms with Crippen molar-refractivity contribution in [3.8, 4) is 10.4 Å². The lowest BCUT2D eigenvalue weighted by molar-refractivity contribution is 0.761. The van der Waals surface area contributed by atoms with Crippen molar-refractivity contribution in [1.29, 1.82) is 0 Å². The molecule has 3 rings (SSSR count). The zero-order valence-corrected chi connectivity index (χ0v) is 13.1. The van der Waals surface area contributed by atoms with Crippen molar-refractivity contribution in [1.82, 2.24) is 4.57 Å². The van der Waals surface area contributed by atoms with Crippen LogP contribution in [-0.2, 0) is 6.54 Å². The van der Waals surface area contributed by atoms with Gasteiger partial charge in [-0.15, -0.1) is 11.3 Å².